The van der Waals surface area contributed by atoms with Gasteiger partial charge in [0, 0.05) is 35.3 Å². The SMILES string of the molecule is COc1cc(F)ccc1C(C)(C)CC(O)(Cc1[nH]c2cnccc2c1C)C(F)(F)F. The van der Waals surface area contributed by atoms with Crippen LogP contribution >= 0.6 is 0 Å². The lowest BCUT2D eigenvalue weighted by molar-refractivity contribution is -0.266. The molecule has 0 amide bonds. The predicted octanol–water partition coefficient (Wildman–Crippen LogP) is 5.22. The summed E-state index contributed by atoms with van der Waals surface area (Å²) >= 11 is 0. The quantitative estimate of drug-likeness (QED) is 0.533. The van der Waals surface area contributed by atoms with E-state index < -0.39 is 35.9 Å². The lowest BCUT2D eigenvalue weighted by Crippen LogP contribution is -2.51. The molecule has 0 aliphatic carbocycles. The molecule has 0 saturated heterocycles. The Kier molecular flexibility index (Phi) is 5.58. The number of benzene rings is 1. The van der Waals surface area contributed by atoms with Crippen molar-refractivity contribution in [1.29, 1.82) is 0 Å². The maximum absolute atomic E-state index is 14.1. The van der Waals surface area contributed by atoms with Crippen LogP contribution in [0.3, 0.4) is 0 Å². The molecular formula is C22H24F4N2O2. The fraction of sp³-hybridized carbons (Fsp3) is 0.409. The molecule has 30 heavy (non-hydrogen) atoms. The van der Waals surface area contributed by atoms with E-state index in [1.165, 1.54) is 25.4 Å². The largest absolute Gasteiger partial charge is 0.496 e. The zero-order chi connectivity index (χ0) is 22.3. The van der Waals surface area contributed by atoms with Crippen LogP contribution in [0.15, 0.2) is 36.7 Å². The van der Waals surface area contributed by atoms with Crippen LogP contribution in [-0.4, -0.2) is 34.0 Å². The maximum Gasteiger partial charge on any atom is 0.417 e. The standard InChI is InChI=1S/C22H24F4N2O2/c1-13-15-7-8-27-11-18(15)28-17(13)10-21(29,22(24,25)26)12-20(2,3)16-6-5-14(23)9-19(16)30-4/h5-9,11,28-29H,10,12H2,1-4H3. The zero-order valence-corrected chi connectivity index (χ0v) is 17.2. The van der Waals surface area contributed by atoms with Crippen LogP contribution < -0.4 is 4.74 Å². The molecule has 1 atom stereocenters. The molecule has 0 bridgehead atoms. The number of hydrogen-bond acceptors (Lipinski definition) is 3. The molecule has 0 radical (unpaired) electrons. The van der Waals surface area contributed by atoms with Crippen LogP contribution in [0.2, 0.25) is 0 Å². The Bertz CT molecular complexity index is 1060. The highest BCUT2D eigenvalue weighted by Crippen LogP contribution is 2.45. The molecule has 0 aliphatic rings. The Balaban J connectivity index is 2.02. The number of methoxy groups -OCH3 is 1. The first-order valence-corrected chi connectivity index (χ1v) is 9.42. The summed E-state index contributed by atoms with van der Waals surface area (Å²) in [7, 11) is 1.33. The molecule has 1 aromatic carbocycles. The van der Waals surface area contributed by atoms with Gasteiger partial charge in [-0.25, -0.2) is 4.39 Å². The van der Waals surface area contributed by atoms with Crippen LogP contribution in [0.1, 0.15) is 37.1 Å². The number of aryl methyl sites for hydroxylation is 1. The van der Waals surface area contributed by atoms with E-state index in [0.29, 0.717) is 22.3 Å². The highest BCUT2D eigenvalue weighted by molar-refractivity contribution is 5.83. The number of nitrogens with one attached hydrogen (secondary N) is 1. The van der Waals surface area contributed by atoms with Gasteiger partial charge in [-0.1, -0.05) is 19.9 Å². The second-order valence-corrected chi connectivity index (χ2v) is 8.26. The van der Waals surface area contributed by atoms with Gasteiger partial charge in [0.15, 0.2) is 5.60 Å². The van der Waals surface area contributed by atoms with Crippen molar-refractivity contribution in [2.24, 2.45) is 0 Å². The average molecular weight is 424 g/mol. The van der Waals surface area contributed by atoms with E-state index in [1.54, 1.807) is 33.0 Å². The second-order valence-electron chi connectivity index (χ2n) is 8.26. The number of ether oxygens (including phenoxy) is 1. The van der Waals surface area contributed by atoms with E-state index in [2.05, 4.69) is 9.97 Å². The first-order valence-electron chi connectivity index (χ1n) is 9.42. The van der Waals surface area contributed by atoms with Crippen molar-refractivity contribution in [3.63, 3.8) is 0 Å². The fourth-order valence-electron chi connectivity index (χ4n) is 4.02. The molecular weight excluding hydrogens is 400 g/mol. The van der Waals surface area contributed by atoms with Crippen LogP contribution in [0.5, 0.6) is 5.75 Å². The van der Waals surface area contributed by atoms with Gasteiger partial charge in [0.25, 0.3) is 0 Å². The third-order valence-corrected chi connectivity index (χ3v) is 5.59. The number of halogens is 4. The van der Waals surface area contributed by atoms with Crippen molar-refractivity contribution in [3.8, 4) is 5.75 Å². The molecule has 2 heterocycles. The smallest absolute Gasteiger partial charge is 0.417 e. The summed E-state index contributed by atoms with van der Waals surface area (Å²) in [5, 5.41) is 11.6. The summed E-state index contributed by atoms with van der Waals surface area (Å²) in [6.07, 6.45) is -3.08. The van der Waals surface area contributed by atoms with Crippen LogP contribution in [-0.2, 0) is 11.8 Å². The zero-order valence-electron chi connectivity index (χ0n) is 17.2. The minimum Gasteiger partial charge on any atom is -0.496 e. The topological polar surface area (TPSA) is 58.1 Å². The van der Waals surface area contributed by atoms with Crippen LogP contribution in [0.4, 0.5) is 17.6 Å². The van der Waals surface area contributed by atoms with Gasteiger partial charge in [0.1, 0.15) is 11.6 Å². The van der Waals surface area contributed by atoms with Crippen molar-refractivity contribution in [2.75, 3.05) is 7.11 Å². The van der Waals surface area contributed by atoms with Crippen molar-refractivity contribution >= 4 is 10.9 Å². The monoisotopic (exact) mass is 424 g/mol. The molecule has 4 nitrogen and oxygen atoms in total. The van der Waals surface area contributed by atoms with Gasteiger partial charge in [-0.2, -0.15) is 13.2 Å². The Morgan fingerprint density at radius 2 is 1.87 bits per heavy atom. The first-order chi connectivity index (χ1) is 13.9. The molecule has 0 spiro atoms. The molecule has 162 valence electrons. The minimum absolute atomic E-state index is 0.136. The van der Waals surface area contributed by atoms with Crippen molar-refractivity contribution < 1.29 is 27.4 Å². The number of alkyl halides is 3. The van der Waals surface area contributed by atoms with Crippen molar-refractivity contribution in [2.45, 2.75) is 50.8 Å². The highest BCUT2D eigenvalue weighted by Gasteiger charge is 2.56. The molecule has 0 saturated carbocycles. The van der Waals surface area contributed by atoms with E-state index in [1.807, 2.05) is 0 Å². The third kappa shape index (κ3) is 4.01. The molecule has 2 aromatic heterocycles. The summed E-state index contributed by atoms with van der Waals surface area (Å²) in [4.78, 5) is 6.93. The molecule has 1 unspecified atom stereocenters. The number of pyridine rings is 1. The lowest BCUT2D eigenvalue weighted by Gasteiger charge is -2.38. The molecule has 0 fully saturated rings. The first kappa shape index (κ1) is 22.1. The number of rotatable bonds is 6. The number of aliphatic hydroxyl groups is 1. The molecule has 8 heteroatoms. The summed E-state index contributed by atoms with van der Waals surface area (Å²) in [6.45, 7) is 4.85. The number of nitrogens with zero attached hydrogens (tertiary/aromatic N) is 1. The van der Waals surface area contributed by atoms with E-state index >= 15 is 0 Å². The minimum atomic E-state index is -4.89. The van der Waals surface area contributed by atoms with Crippen molar-refractivity contribution in [1.82, 2.24) is 9.97 Å². The van der Waals surface area contributed by atoms with Gasteiger partial charge < -0.3 is 14.8 Å². The molecule has 0 aliphatic heterocycles. The predicted molar refractivity (Wildman–Crippen MR) is 106 cm³/mol. The number of aromatic nitrogens is 2. The van der Waals surface area contributed by atoms with E-state index in [9.17, 15) is 22.7 Å². The molecule has 3 aromatic rings. The van der Waals surface area contributed by atoms with Gasteiger partial charge in [-0.15, -0.1) is 0 Å². The summed E-state index contributed by atoms with van der Waals surface area (Å²) in [6, 6.07) is 5.40. The molecule has 2 N–H and O–H groups in total. The van der Waals surface area contributed by atoms with Crippen LogP contribution in [0, 0.1) is 12.7 Å². The number of fused-ring (bicyclic) bond motifs is 1. The number of H-pyrrole nitrogens is 1. The number of aromatic amines is 1. The van der Waals surface area contributed by atoms with Gasteiger partial charge in [0.05, 0.1) is 18.8 Å². The van der Waals surface area contributed by atoms with E-state index in [-0.39, 0.29) is 5.75 Å². The second kappa shape index (κ2) is 7.58. The number of hydrogen-bond donors (Lipinski definition) is 2. The fourth-order valence-corrected chi connectivity index (χ4v) is 4.02. The molecule has 3 rings (SSSR count). The summed E-state index contributed by atoms with van der Waals surface area (Å²) in [5.74, 6) is -0.419. The average Bonchev–Trinajstić information content (AvgIpc) is 2.95. The maximum atomic E-state index is 14.1. The van der Waals surface area contributed by atoms with E-state index in [0.717, 1.165) is 11.5 Å². The van der Waals surface area contributed by atoms with Gasteiger partial charge >= 0.3 is 6.18 Å². The van der Waals surface area contributed by atoms with Gasteiger partial charge in [0.2, 0.25) is 0 Å². The lowest BCUT2D eigenvalue weighted by atomic mass is 9.73. The van der Waals surface area contributed by atoms with Crippen molar-refractivity contribution in [3.05, 3.63) is 59.3 Å². The summed E-state index contributed by atoms with van der Waals surface area (Å²) < 4.78 is 61.0. The van der Waals surface area contributed by atoms with Crippen LogP contribution in [0.25, 0.3) is 10.9 Å². The Labute approximate surface area is 171 Å². The van der Waals surface area contributed by atoms with E-state index in [4.69, 9.17) is 4.74 Å². The third-order valence-electron chi connectivity index (χ3n) is 5.59. The summed E-state index contributed by atoms with van der Waals surface area (Å²) in [5.41, 5.74) is -2.27. The Morgan fingerprint density at radius 3 is 2.47 bits per heavy atom. The normalized spacial score (nSPS) is 14.7. The van der Waals surface area contributed by atoms with Gasteiger partial charge in [-0.05, 0) is 36.5 Å². The highest BCUT2D eigenvalue weighted by atomic mass is 19.4. The Morgan fingerprint density at radius 1 is 1.17 bits per heavy atom. The van der Waals surface area contributed by atoms with Gasteiger partial charge in [-0.3, -0.25) is 4.98 Å². The Hall–Kier alpha value is -2.61.